The van der Waals surface area contributed by atoms with Gasteiger partial charge in [0.15, 0.2) is 0 Å². The Morgan fingerprint density at radius 3 is 2.59 bits per heavy atom. The summed E-state index contributed by atoms with van der Waals surface area (Å²) in [6, 6.07) is 13.6. The van der Waals surface area contributed by atoms with Crippen LogP contribution in [-0.4, -0.2) is 15.7 Å². The summed E-state index contributed by atoms with van der Waals surface area (Å²) in [5.41, 5.74) is 3.90. The summed E-state index contributed by atoms with van der Waals surface area (Å²) in [5, 5.41) is 8.28. The second kappa shape index (κ2) is 6.72. The number of aryl methyl sites for hydroxylation is 2. The fourth-order valence-corrected chi connectivity index (χ4v) is 3.11. The van der Waals surface area contributed by atoms with Gasteiger partial charge in [-0.1, -0.05) is 41.5 Å². The quantitative estimate of drug-likeness (QED) is 0.567. The van der Waals surface area contributed by atoms with Gasteiger partial charge in [-0.3, -0.25) is 9.48 Å². The average Bonchev–Trinajstić information content (AvgIpc) is 3.06. The van der Waals surface area contributed by atoms with Crippen LogP contribution < -0.4 is 10.9 Å². The van der Waals surface area contributed by atoms with Crippen LogP contribution in [0.2, 0.25) is 0 Å². The van der Waals surface area contributed by atoms with Gasteiger partial charge in [-0.25, -0.2) is 4.79 Å². The molecule has 2 aromatic carbocycles. The van der Waals surface area contributed by atoms with Gasteiger partial charge in [-0.05, 0) is 31.5 Å². The van der Waals surface area contributed by atoms with E-state index in [9.17, 15) is 9.59 Å². The van der Waals surface area contributed by atoms with Gasteiger partial charge >= 0.3 is 5.63 Å². The molecule has 0 bridgehead atoms. The van der Waals surface area contributed by atoms with Gasteiger partial charge in [0, 0.05) is 11.9 Å². The first-order valence-electron chi connectivity index (χ1n) is 8.72. The molecular weight excluding hydrogens is 342 g/mol. The Kier molecular flexibility index (Phi) is 4.24. The molecule has 0 spiro atoms. The molecule has 6 heteroatoms. The van der Waals surface area contributed by atoms with E-state index in [0.717, 1.165) is 16.5 Å². The number of carbonyl (C=O) groups is 1. The largest absolute Gasteiger partial charge is 0.422 e. The highest BCUT2D eigenvalue weighted by Gasteiger charge is 2.15. The van der Waals surface area contributed by atoms with E-state index in [4.69, 9.17) is 4.42 Å². The van der Waals surface area contributed by atoms with Gasteiger partial charge < -0.3 is 9.73 Å². The number of benzene rings is 2. The number of carbonyl (C=O) groups excluding carboxylic acids is 1. The molecule has 27 heavy (non-hydrogen) atoms. The molecule has 0 atom stereocenters. The van der Waals surface area contributed by atoms with Crippen LogP contribution in [0.25, 0.3) is 21.9 Å². The van der Waals surface area contributed by atoms with E-state index >= 15 is 0 Å². The van der Waals surface area contributed by atoms with E-state index in [2.05, 4.69) is 10.4 Å². The molecular formula is C21H19N3O3. The summed E-state index contributed by atoms with van der Waals surface area (Å²) >= 11 is 0. The van der Waals surface area contributed by atoms with Crippen molar-refractivity contribution in [1.29, 1.82) is 0 Å². The molecule has 0 unspecified atom stereocenters. The third-order valence-electron chi connectivity index (χ3n) is 4.56. The third kappa shape index (κ3) is 3.33. The van der Waals surface area contributed by atoms with Crippen LogP contribution in [0.4, 0.5) is 0 Å². The van der Waals surface area contributed by atoms with Crippen LogP contribution >= 0.6 is 0 Å². The van der Waals surface area contributed by atoms with Crippen molar-refractivity contribution in [3.8, 4) is 0 Å². The van der Waals surface area contributed by atoms with Crippen molar-refractivity contribution >= 4 is 27.8 Å². The molecule has 136 valence electrons. The Bertz CT molecular complexity index is 1200. The number of hydrogen-bond acceptors (Lipinski definition) is 4. The van der Waals surface area contributed by atoms with Crippen molar-refractivity contribution in [3.05, 3.63) is 75.8 Å². The topological polar surface area (TPSA) is 77.1 Å². The molecule has 0 fully saturated rings. The number of aromatic nitrogens is 2. The summed E-state index contributed by atoms with van der Waals surface area (Å²) in [5.74, 6) is -0.172. The highest BCUT2D eigenvalue weighted by Crippen LogP contribution is 2.23. The first-order valence-corrected chi connectivity index (χ1v) is 8.72. The Morgan fingerprint density at radius 2 is 1.81 bits per heavy atom. The second-order valence-corrected chi connectivity index (χ2v) is 6.72. The van der Waals surface area contributed by atoms with Crippen LogP contribution in [0.1, 0.15) is 16.7 Å². The number of fused-ring (bicyclic) bond motifs is 3. The van der Waals surface area contributed by atoms with Gasteiger partial charge in [0.05, 0.1) is 11.7 Å². The lowest BCUT2D eigenvalue weighted by Gasteiger charge is -2.08. The van der Waals surface area contributed by atoms with Crippen LogP contribution in [0, 0.1) is 13.8 Å². The Hall–Kier alpha value is -3.41. The first kappa shape index (κ1) is 17.0. The number of hydrogen-bond donors (Lipinski definition) is 1. The average molecular weight is 361 g/mol. The number of rotatable bonds is 4. The van der Waals surface area contributed by atoms with E-state index in [1.165, 1.54) is 11.8 Å². The summed E-state index contributed by atoms with van der Waals surface area (Å²) in [7, 11) is 0. The minimum absolute atomic E-state index is 0.0296. The van der Waals surface area contributed by atoms with Crippen LogP contribution in [0.5, 0.6) is 0 Å². The Morgan fingerprint density at radius 1 is 1.07 bits per heavy atom. The lowest BCUT2D eigenvalue weighted by atomic mass is 10.1. The fraction of sp³-hybridized carbons (Fsp3) is 0.190. The highest BCUT2D eigenvalue weighted by atomic mass is 16.4. The molecule has 2 heterocycles. The first-order chi connectivity index (χ1) is 13.0. The van der Waals surface area contributed by atoms with Gasteiger partial charge in [0.1, 0.15) is 17.5 Å². The Balaban J connectivity index is 1.62. The summed E-state index contributed by atoms with van der Waals surface area (Å²) in [4.78, 5) is 24.6. The van der Waals surface area contributed by atoms with Crippen molar-refractivity contribution < 1.29 is 9.21 Å². The van der Waals surface area contributed by atoms with Gasteiger partial charge in [0.2, 0.25) is 5.91 Å². The summed E-state index contributed by atoms with van der Waals surface area (Å²) in [6.07, 6.45) is 1.45. The van der Waals surface area contributed by atoms with E-state index < -0.39 is 5.63 Å². The molecule has 0 aliphatic carbocycles. The fourth-order valence-electron chi connectivity index (χ4n) is 3.11. The zero-order valence-corrected chi connectivity index (χ0v) is 15.2. The molecule has 1 N–H and O–H groups in total. The van der Waals surface area contributed by atoms with Gasteiger partial charge in [-0.2, -0.15) is 5.10 Å². The van der Waals surface area contributed by atoms with Crippen LogP contribution in [0.3, 0.4) is 0 Å². The van der Waals surface area contributed by atoms with Crippen molar-refractivity contribution in [2.45, 2.75) is 26.9 Å². The zero-order valence-electron chi connectivity index (χ0n) is 15.2. The van der Waals surface area contributed by atoms with Crippen molar-refractivity contribution in [1.82, 2.24) is 15.1 Å². The minimum Gasteiger partial charge on any atom is -0.422 e. The molecule has 4 aromatic rings. The predicted molar refractivity (Wildman–Crippen MR) is 104 cm³/mol. The van der Waals surface area contributed by atoms with Crippen LogP contribution in [-0.2, 0) is 17.9 Å². The lowest BCUT2D eigenvalue weighted by Crippen LogP contribution is -2.27. The van der Waals surface area contributed by atoms with E-state index in [1.54, 1.807) is 10.7 Å². The number of amides is 1. The van der Waals surface area contributed by atoms with Crippen molar-refractivity contribution in [2.75, 3.05) is 0 Å². The normalized spacial score (nSPS) is 11.2. The molecule has 0 aliphatic rings. The third-order valence-corrected chi connectivity index (χ3v) is 4.56. The monoisotopic (exact) mass is 361 g/mol. The predicted octanol–water partition coefficient (Wildman–Crippen LogP) is 3.08. The zero-order chi connectivity index (χ0) is 19.0. The molecule has 0 saturated heterocycles. The SMILES string of the molecule is Cc1ccc(CNC(=O)Cn2ncc3c(=O)oc4ccc(C)cc4c32)cc1. The maximum absolute atomic E-state index is 12.4. The summed E-state index contributed by atoms with van der Waals surface area (Å²) in [6.45, 7) is 4.46. The lowest BCUT2D eigenvalue weighted by molar-refractivity contribution is -0.121. The summed E-state index contributed by atoms with van der Waals surface area (Å²) < 4.78 is 6.91. The minimum atomic E-state index is -0.451. The number of nitrogens with one attached hydrogen (secondary N) is 1. The maximum atomic E-state index is 12.4. The molecule has 1 amide bonds. The maximum Gasteiger partial charge on any atom is 0.347 e. The van der Waals surface area contributed by atoms with E-state index in [-0.39, 0.29) is 12.5 Å². The molecule has 4 rings (SSSR count). The smallest absolute Gasteiger partial charge is 0.347 e. The molecule has 0 radical (unpaired) electrons. The molecule has 2 aromatic heterocycles. The number of nitrogens with zero attached hydrogens (tertiary/aromatic N) is 2. The van der Waals surface area contributed by atoms with Crippen molar-refractivity contribution in [2.24, 2.45) is 0 Å². The van der Waals surface area contributed by atoms with Crippen LogP contribution in [0.15, 0.2) is 57.9 Å². The van der Waals surface area contributed by atoms with Crippen molar-refractivity contribution in [3.63, 3.8) is 0 Å². The second-order valence-electron chi connectivity index (χ2n) is 6.72. The van der Waals surface area contributed by atoms with Gasteiger partial charge in [-0.15, -0.1) is 0 Å². The van der Waals surface area contributed by atoms with E-state index in [0.29, 0.717) is 23.0 Å². The highest BCUT2D eigenvalue weighted by molar-refractivity contribution is 6.02. The molecule has 0 saturated carbocycles. The molecule has 0 aliphatic heterocycles. The molecule has 6 nitrogen and oxygen atoms in total. The standard InChI is InChI=1S/C21H19N3O3/c1-13-3-6-15(7-4-13)10-22-19(25)12-24-20-16-9-14(2)5-8-18(16)27-21(26)17(20)11-23-24/h3-9,11H,10,12H2,1-2H3,(H,22,25). The Labute approximate surface area is 155 Å². The van der Waals surface area contributed by atoms with Gasteiger partial charge in [0.25, 0.3) is 0 Å². The van der Waals surface area contributed by atoms with E-state index in [1.807, 2.05) is 50.2 Å².